The Balaban J connectivity index is 1.53. The van der Waals surface area contributed by atoms with Gasteiger partial charge < -0.3 is 19.1 Å². The van der Waals surface area contributed by atoms with Crippen molar-refractivity contribution in [2.75, 3.05) is 32.8 Å². The van der Waals surface area contributed by atoms with E-state index < -0.39 is 5.92 Å². The predicted octanol–water partition coefficient (Wildman–Crippen LogP) is 1.77. The predicted molar refractivity (Wildman–Crippen MR) is 96.7 cm³/mol. The zero-order valence-corrected chi connectivity index (χ0v) is 14.9. The van der Waals surface area contributed by atoms with Crippen LogP contribution >= 0.6 is 0 Å². The number of nitrogens with one attached hydrogen (secondary N) is 1. The Morgan fingerprint density at radius 2 is 1.65 bits per heavy atom. The lowest BCUT2D eigenvalue weighted by Gasteiger charge is -2.29. The Hall–Kier alpha value is -2.37. The van der Waals surface area contributed by atoms with Gasteiger partial charge in [-0.25, -0.2) is 0 Å². The molecule has 5 heteroatoms. The number of hydrogen-bond acceptors (Lipinski definition) is 4. The highest BCUT2D eigenvalue weighted by molar-refractivity contribution is 5.85. The van der Waals surface area contributed by atoms with Gasteiger partial charge in [0.2, 0.25) is 0 Å². The van der Waals surface area contributed by atoms with E-state index in [2.05, 4.69) is 0 Å². The van der Waals surface area contributed by atoms with Crippen molar-refractivity contribution in [2.45, 2.75) is 18.9 Å². The van der Waals surface area contributed by atoms with Crippen molar-refractivity contribution in [1.82, 2.24) is 0 Å². The summed E-state index contributed by atoms with van der Waals surface area (Å²) in [6.07, 6.45) is -0.141. The number of ether oxygens (including phenoxy) is 3. The van der Waals surface area contributed by atoms with Gasteiger partial charge in [0.05, 0.1) is 13.2 Å². The smallest absolute Gasteiger partial charge is 0.318 e. The first-order chi connectivity index (χ1) is 12.7. The molecule has 2 aromatic rings. The van der Waals surface area contributed by atoms with Crippen molar-refractivity contribution in [2.24, 2.45) is 0 Å². The van der Waals surface area contributed by atoms with E-state index in [-0.39, 0.29) is 12.1 Å². The summed E-state index contributed by atoms with van der Waals surface area (Å²) in [7, 11) is 0. The molecular formula is C21H24NO4+. The van der Waals surface area contributed by atoms with Gasteiger partial charge in [-0.05, 0) is 19.1 Å². The third kappa shape index (κ3) is 3.45. The quantitative estimate of drug-likeness (QED) is 0.851. The SMILES string of the molecule is C[C@@H](C[NH+]1CCOCC1)OC(=O)C1c2ccccc2Oc2ccccc21. The van der Waals surface area contributed by atoms with Crippen LogP contribution in [0, 0.1) is 0 Å². The van der Waals surface area contributed by atoms with Gasteiger partial charge in [-0.3, -0.25) is 4.79 Å². The minimum atomic E-state index is -0.446. The Morgan fingerprint density at radius 3 is 2.27 bits per heavy atom. The first kappa shape index (κ1) is 17.1. The largest absolute Gasteiger partial charge is 0.457 e. The summed E-state index contributed by atoms with van der Waals surface area (Å²) in [5.74, 6) is 0.783. The second-order valence-corrected chi connectivity index (χ2v) is 6.92. The molecule has 0 unspecified atom stereocenters. The lowest BCUT2D eigenvalue weighted by molar-refractivity contribution is -0.910. The maximum atomic E-state index is 13.1. The summed E-state index contributed by atoms with van der Waals surface area (Å²) in [4.78, 5) is 14.5. The summed E-state index contributed by atoms with van der Waals surface area (Å²) in [6.45, 7) is 6.25. The standard InChI is InChI=1S/C21H23NO4/c1-15(14-22-10-12-24-13-11-22)25-21(23)20-16-6-2-4-8-18(16)26-19-9-5-3-7-17(19)20/h2-9,15,20H,10-14H2,1H3/p+1/t15-/m0/s1. The van der Waals surface area contributed by atoms with Crippen molar-refractivity contribution >= 4 is 5.97 Å². The third-order valence-corrected chi connectivity index (χ3v) is 5.01. The fourth-order valence-corrected chi connectivity index (χ4v) is 3.74. The van der Waals surface area contributed by atoms with Crippen molar-refractivity contribution in [3.05, 3.63) is 59.7 Å². The molecule has 0 amide bonds. The molecule has 0 aliphatic carbocycles. The number of carbonyl (C=O) groups is 1. The third-order valence-electron chi connectivity index (χ3n) is 5.01. The van der Waals surface area contributed by atoms with Crippen molar-refractivity contribution in [1.29, 1.82) is 0 Å². The molecule has 5 nitrogen and oxygen atoms in total. The number of fused-ring (bicyclic) bond motifs is 2. The van der Waals surface area contributed by atoms with Gasteiger partial charge in [0, 0.05) is 11.1 Å². The Morgan fingerprint density at radius 1 is 1.08 bits per heavy atom. The van der Waals surface area contributed by atoms with E-state index in [4.69, 9.17) is 14.2 Å². The van der Waals surface area contributed by atoms with Crippen LogP contribution in [0.4, 0.5) is 0 Å². The van der Waals surface area contributed by atoms with Crippen LogP contribution in [0.3, 0.4) is 0 Å². The lowest BCUT2D eigenvalue weighted by atomic mass is 9.88. The van der Waals surface area contributed by atoms with Gasteiger partial charge >= 0.3 is 5.97 Å². The number of rotatable bonds is 4. The normalized spacial score (nSPS) is 18.3. The van der Waals surface area contributed by atoms with Crippen LogP contribution in [-0.2, 0) is 14.3 Å². The number of quaternary nitrogens is 1. The minimum Gasteiger partial charge on any atom is -0.457 e. The number of benzene rings is 2. The van der Waals surface area contributed by atoms with Crippen LogP contribution in [-0.4, -0.2) is 44.9 Å². The molecule has 2 aromatic carbocycles. The van der Waals surface area contributed by atoms with Crippen molar-refractivity contribution in [3.63, 3.8) is 0 Å². The fourth-order valence-electron chi connectivity index (χ4n) is 3.74. The van der Waals surface area contributed by atoms with Crippen LogP contribution < -0.4 is 9.64 Å². The second-order valence-electron chi connectivity index (χ2n) is 6.92. The monoisotopic (exact) mass is 354 g/mol. The van der Waals surface area contributed by atoms with E-state index in [0.717, 1.165) is 55.5 Å². The molecule has 2 heterocycles. The summed E-state index contributed by atoms with van der Waals surface area (Å²) >= 11 is 0. The molecule has 1 saturated heterocycles. The Kier molecular flexibility index (Phi) is 4.91. The molecule has 0 saturated carbocycles. The van der Waals surface area contributed by atoms with Crippen LogP contribution in [0.1, 0.15) is 24.0 Å². The van der Waals surface area contributed by atoms with Gasteiger partial charge in [-0.15, -0.1) is 0 Å². The molecule has 1 fully saturated rings. The van der Waals surface area contributed by atoms with E-state index >= 15 is 0 Å². The summed E-state index contributed by atoms with van der Waals surface area (Å²) in [6, 6.07) is 15.4. The molecule has 0 spiro atoms. The van der Waals surface area contributed by atoms with E-state index in [9.17, 15) is 4.79 Å². The fraction of sp³-hybridized carbons (Fsp3) is 0.381. The maximum absolute atomic E-state index is 13.1. The minimum absolute atomic E-state index is 0.141. The van der Waals surface area contributed by atoms with Gasteiger partial charge in [0.1, 0.15) is 43.2 Å². The zero-order chi connectivity index (χ0) is 17.9. The van der Waals surface area contributed by atoms with Gasteiger partial charge in [-0.1, -0.05) is 36.4 Å². The number of morpholine rings is 1. The Labute approximate surface area is 153 Å². The topological polar surface area (TPSA) is 49.2 Å². The van der Waals surface area contributed by atoms with Crippen LogP contribution in [0.5, 0.6) is 11.5 Å². The van der Waals surface area contributed by atoms with E-state index in [0.29, 0.717) is 0 Å². The average Bonchev–Trinajstić information content (AvgIpc) is 2.66. The summed E-state index contributed by atoms with van der Waals surface area (Å²) in [5, 5.41) is 0. The molecule has 136 valence electrons. The van der Waals surface area contributed by atoms with Crippen LogP contribution in [0.15, 0.2) is 48.5 Å². The number of carbonyl (C=O) groups excluding carboxylic acids is 1. The second kappa shape index (κ2) is 7.48. The molecule has 2 aliphatic rings. The van der Waals surface area contributed by atoms with Crippen molar-refractivity contribution in [3.8, 4) is 11.5 Å². The van der Waals surface area contributed by atoms with Crippen LogP contribution in [0.2, 0.25) is 0 Å². The Bertz CT molecular complexity index is 740. The molecule has 0 bridgehead atoms. The van der Waals surface area contributed by atoms with Gasteiger partial charge in [0.25, 0.3) is 0 Å². The average molecular weight is 354 g/mol. The molecule has 1 N–H and O–H groups in total. The van der Waals surface area contributed by atoms with Crippen molar-refractivity contribution < 1.29 is 23.9 Å². The molecule has 1 atom stereocenters. The molecular weight excluding hydrogens is 330 g/mol. The lowest BCUT2D eigenvalue weighted by Crippen LogP contribution is -3.15. The van der Waals surface area contributed by atoms with Crippen LogP contribution in [0.25, 0.3) is 0 Å². The van der Waals surface area contributed by atoms with E-state index in [1.165, 1.54) is 4.90 Å². The highest BCUT2D eigenvalue weighted by atomic mass is 16.5. The number of para-hydroxylation sites is 2. The first-order valence-corrected chi connectivity index (χ1v) is 9.20. The molecule has 2 aliphatic heterocycles. The molecule has 0 radical (unpaired) electrons. The summed E-state index contributed by atoms with van der Waals surface area (Å²) in [5.41, 5.74) is 1.73. The summed E-state index contributed by atoms with van der Waals surface area (Å²) < 4.78 is 17.2. The maximum Gasteiger partial charge on any atom is 0.318 e. The zero-order valence-electron chi connectivity index (χ0n) is 14.9. The van der Waals surface area contributed by atoms with Gasteiger partial charge in [-0.2, -0.15) is 0 Å². The van der Waals surface area contributed by atoms with E-state index in [1.807, 2.05) is 55.5 Å². The highest BCUT2D eigenvalue weighted by Crippen LogP contribution is 2.44. The number of esters is 1. The number of hydrogen-bond donors (Lipinski definition) is 1. The molecule has 4 rings (SSSR count). The van der Waals surface area contributed by atoms with Gasteiger partial charge in [0.15, 0.2) is 0 Å². The molecule has 0 aromatic heterocycles. The van der Waals surface area contributed by atoms with E-state index in [1.54, 1.807) is 0 Å². The first-order valence-electron chi connectivity index (χ1n) is 9.20. The molecule has 26 heavy (non-hydrogen) atoms. The highest BCUT2D eigenvalue weighted by Gasteiger charge is 2.34.